The molecule has 2 aliphatic heterocycles. The summed E-state index contributed by atoms with van der Waals surface area (Å²) in [5, 5.41) is 4.41. The fourth-order valence-corrected chi connectivity index (χ4v) is 4.66. The Morgan fingerprint density at radius 3 is 2.31 bits per heavy atom. The van der Waals surface area contributed by atoms with Crippen molar-refractivity contribution in [2.75, 3.05) is 13.2 Å². The molecule has 2 aliphatic rings. The maximum absolute atomic E-state index is 13.2. The van der Waals surface area contributed by atoms with Crippen LogP contribution in [0, 0.1) is 5.92 Å². The van der Waals surface area contributed by atoms with Crippen LogP contribution >= 0.6 is 0 Å². The zero-order valence-corrected chi connectivity index (χ0v) is 16.4. The molecule has 0 aliphatic carbocycles. The van der Waals surface area contributed by atoms with E-state index in [9.17, 15) is 4.79 Å². The van der Waals surface area contributed by atoms with Gasteiger partial charge in [-0.15, -0.1) is 0 Å². The smallest absolute Gasteiger partial charge is 0.169 e. The average molecular weight is 387 g/mol. The van der Waals surface area contributed by atoms with E-state index in [2.05, 4.69) is 34.3 Å². The lowest BCUT2D eigenvalue weighted by Crippen LogP contribution is -2.57. The van der Waals surface area contributed by atoms with Gasteiger partial charge in [-0.3, -0.25) is 9.69 Å². The van der Waals surface area contributed by atoms with E-state index in [1.54, 1.807) is 10.9 Å². The van der Waals surface area contributed by atoms with Crippen LogP contribution in [0.2, 0.25) is 0 Å². The number of nitrogens with zero attached hydrogens (tertiary/aromatic N) is 3. The Balaban J connectivity index is 1.31. The minimum absolute atomic E-state index is 0.0364. The van der Waals surface area contributed by atoms with E-state index in [1.807, 2.05) is 42.6 Å². The Labute approximate surface area is 170 Å². The Bertz CT molecular complexity index is 956. The highest BCUT2D eigenvalue weighted by atomic mass is 16.5. The SMILES string of the molecule is O=C(c1cnn(-c2ccccc2)c1)C1CC2COCC(C1)N2Cc1ccccc1. The van der Waals surface area contributed by atoms with Crippen LogP contribution < -0.4 is 0 Å². The van der Waals surface area contributed by atoms with Crippen LogP contribution in [0.5, 0.6) is 0 Å². The molecule has 29 heavy (non-hydrogen) atoms. The molecule has 0 spiro atoms. The van der Waals surface area contributed by atoms with Gasteiger partial charge in [0.05, 0.1) is 30.7 Å². The van der Waals surface area contributed by atoms with Crippen molar-refractivity contribution in [2.45, 2.75) is 31.5 Å². The average Bonchev–Trinajstić information content (AvgIpc) is 3.25. The van der Waals surface area contributed by atoms with Gasteiger partial charge in [-0.05, 0) is 30.5 Å². The molecular weight excluding hydrogens is 362 g/mol. The van der Waals surface area contributed by atoms with Crippen LogP contribution in [0.15, 0.2) is 73.1 Å². The molecule has 2 unspecified atom stereocenters. The van der Waals surface area contributed by atoms with Crippen molar-refractivity contribution in [1.82, 2.24) is 14.7 Å². The summed E-state index contributed by atoms with van der Waals surface area (Å²) in [5.41, 5.74) is 2.99. The van der Waals surface area contributed by atoms with Crippen molar-refractivity contribution < 1.29 is 9.53 Å². The first-order valence-electron chi connectivity index (χ1n) is 10.3. The second kappa shape index (κ2) is 7.93. The summed E-state index contributed by atoms with van der Waals surface area (Å²) >= 11 is 0. The van der Waals surface area contributed by atoms with Crippen LogP contribution in [0.4, 0.5) is 0 Å². The normalized spacial score (nSPS) is 24.3. The van der Waals surface area contributed by atoms with E-state index in [0.29, 0.717) is 30.9 Å². The van der Waals surface area contributed by atoms with Crippen molar-refractivity contribution in [1.29, 1.82) is 0 Å². The molecule has 2 fully saturated rings. The highest BCUT2D eigenvalue weighted by Gasteiger charge is 2.41. The molecule has 2 saturated heterocycles. The van der Waals surface area contributed by atoms with Crippen LogP contribution in [0.3, 0.4) is 0 Å². The van der Waals surface area contributed by atoms with Gasteiger partial charge in [0.15, 0.2) is 5.78 Å². The number of morpholine rings is 1. The van der Waals surface area contributed by atoms with Crippen molar-refractivity contribution in [3.63, 3.8) is 0 Å². The summed E-state index contributed by atoms with van der Waals surface area (Å²) in [6.45, 7) is 2.33. The Morgan fingerprint density at radius 2 is 1.62 bits per heavy atom. The van der Waals surface area contributed by atoms with E-state index in [4.69, 9.17) is 4.74 Å². The molecule has 2 bridgehead atoms. The third-order valence-corrected chi connectivity index (χ3v) is 6.14. The molecule has 0 saturated carbocycles. The van der Waals surface area contributed by atoms with Crippen molar-refractivity contribution in [2.24, 2.45) is 5.92 Å². The summed E-state index contributed by atoms with van der Waals surface area (Å²) in [6.07, 6.45) is 5.26. The molecule has 5 nitrogen and oxygen atoms in total. The van der Waals surface area contributed by atoms with Gasteiger partial charge < -0.3 is 4.74 Å². The number of hydrogen-bond acceptors (Lipinski definition) is 4. The lowest BCUT2D eigenvalue weighted by atomic mass is 9.81. The lowest BCUT2D eigenvalue weighted by molar-refractivity contribution is -0.0872. The molecule has 148 valence electrons. The largest absolute Gasteiger partial charge is 0.378 e. The van der Waals surface area contributed by atoms with Gasteiger partial charge in [-0.1, -0.05) is 48.5 Å². The Kier molecular flexibility index (Phi) is 5.00. The number of carbonyl (C=O) groups is 1. The summed E-state index contributed by atoms with van der Waals surface area (Å²) in [4.78, 5) is 15.8. The molecule has 5 rings (SSSR count). The first-order chi connectivity index (χ1) is 14.3. The summed E-state index contributed by atoms with van der Waals surface area (Å²) in [7, 11) is 0. The molecule has 3 aromatic rings. The van der Waals surface area contributed by atoms with Crippen molar-refractivity contribution >= 4 is 5.78 Å². The number of rotatable bonds is 5. The predicted octanol–water partition coefficient (Wildman–Crippen LogP) is 3.73. The quantitative estimate of drug-likeness (QED) is 0.626. The van der Waals surface area contributed by atoms with Crippen molar-refractivity contribution in [3.8, 4) is 5.69 Å². The van der Waals surface area contributed by atoms with Gasteiger partial charge in [0.1, 0.15) is 0 Å². The van der Waals surface area contributed by atoms with Gasteiger partial charge >= 0.3 is 0 Å². The van der Waals surface area contributed by atoms with E-state index in [-0.39, 0.29) is 11.7 Å². The van der Waals surface area contributed by atoms with Gasteiger partial charge in [-0.2, -0.15) is 5.10 Å². The number of benzene rings is 2. The predicted molar refractivity (Wildman–Crippen MR) is 111 cm³/mol. The number of ether oxygens (including phenoxy) is 1. The zero-order chi connectivity index (χ0) is 19.6. The van der Waals surface area contributed by atoms with E-state index < -0.39 is 0 Å². The number of hydrogen-bond donors (Lipinski definition) is 0. The molecule has 1 aromatic heterocycles. The number of piperidine rings is 1. The number of ketones is 1. The minimum Gasteiger partial charge on any atom is -0.378 e. The molecule has 3 heterocycles. The molecule has 0 N–H and O–H groups in total. The lowest BCUT2D eigenvalue weighted by Gasteiger charge is -2.48. The number of fused-ring (bicyclic) bond motifs is 2. The third kappa shape index (κ3) is 3.76. The maximum atomic E-state index is 13.2. The molecular formula is C24H25N3O2. The van der Waals surface area contributed by atoms with Crippen LogP contribution in [-0.4, -0.2) is 45.8 Å². The highest BCUT2D eigenvalue weighted by molar-refractivity contribution is 5.97. The number of Topliss-reactive ketones (excluding diaryl/α,β-unsaturated/α-hetero) is 1. The van der Waals surface area contributed by atoms with E-state index in [1.165, 1.54) is 5.56 Å². The molecule has 0 radical (unpaired) electrons. The topological polar surface area (TPSA) is 47.4 Å². The fourth-order valence-electron chi connectivity index (χ4n) is 4.66. The minimum atomic E-state index is 0.0364. The monoisotopic (exact) mass is 387 g/mol. The Hall–Kier alpha value is -2.76. The summed E-state index contributed by atoms with van der Waals surface area (Å²) < 4.78 is 7.61. The summed E-state index contributed by atoms with van der Waals surface area (Å²) in [5.74, 6) is 0.248. The number of para-hydroxylation sites is 1. The Morgan fingerprint density at radius 1 is 0.966 bits per heavy atom. The van der Waals surface area contributed by atoms with E-state index >= 15 is 0 Å². The van der Waals surface area contributed by atoms with Crippen LogP contribution in [0.1, 0.15) is 28.8 Å². The maximum Gasteiger partial charge on any atom is 0.169 e. The molecule has 0 amide bonds. The van der Waals surface area contributed by atoms with Gasteiger partial charge in [0.2, 0.25) is 0 Å². The standard InChI is InChI=1S/C24H25N3O2/c28-24(20-13-25-27(15-20)21-9-5-2-6-10-21)19-11-22-16-29-17-23(12-19)26(22)14-18-7-3-1-4-8-18/h1-10,13,15,19,22-23H,11-12,14,16-17H2. The number of carbonyl (C=O) groups excluding carboxylic acids is 1. The van der Waals surface area contributed by atoms with Crippen molar-refractivity contribution in [3.05, 3.63) is 84.2 Å². The molecule has 5 heteroatoms. The molecule has 2 atom stereocenters. The highest BCUT2D eigenvalue weighted by Crippen LogP contribution is 2.34. The van der Waals surface area contributed by atoms with Crippen LogP contribution in [-0.2, 0) is 11.3 Å². The van der Waals surface area contributed by atoms with Gasteiger partial charge in [0.25, 0.3) is 0 Å². The first kappa shape index (κ1) is 18.3. The van der Waals surface area contributed by atoms with Gasteiger partial charge in [0, 0.05) is 30.7 Å². The van der Waals surface area contributed by atoms with Gasteiger partial charge in [-0.25, -0.2) is 4.68 Å². The van der Waals surface area contributed by atoms with E-state index in [0.717, 1.165) is 25.1 Å². The summed E-state index contributed by atoms with van der Waals surface area (Å²) in [6, 6.07) is 21.1. The fraction of sp³-hybridized carbons (Fsp3) is 0.333. The third-order valence-electron chi connectivity index (χ3n) is 6.14. The number of aromatic nitrogens is 2. The first-order valence-corrected chi connectivity index (χ1v) is 10.3. The second-order valence-electron chi connectivity index (χ2n) is 8.04. The second-order valence-corrected chi connectivity index (χ2v) is 8.04. The molecule has 2 aromatic carbocycles. The zero-order valence-electron chi connectivity index (χ0n) is 16.4. The van der Waals surface area contributed by atoms with Crippen LogP contribution in [0.25, 0.3) is 5.69 Å².